The molecule has 2 rings (SSSR count). The first-order valence-corrected chi connectivity index (χ1v) is 8.21. The lowest BCUT2D eigenvalue weighted by molar-refractivity contribution is 0.314. The van der Waals surface area contributed by atoms with E-state index in [1.165, 1.54) is 24.0 Å². The number of rotatable bonds is 3. The summed E-state index contributed by atoms with van der Waals surface area (Å²) in [6.07, 6.45) is 6.34. The zero-order valence-electron chi connectivity index (χ0n) is 14.1. The van der Waals surface area contributed by atoms with Crippen molar-refractivity contribution in [2.24, 2.45) is 11.8 Å². The highest BCUT2D eigenvalue weighted by molar-refractivity contribution is 5.44. The maximum Gasteiger partial charge on any atom is 0.00567 e. The summed E-state index contributed by atoms with van der Waals surface area (Å²) < 4.78 is 0. The molecule has 1 aromatic carbocycles. The Morgan fingerprint density at radius 1 is 1.15 bits per heavy atom. The summed E-state index contributed by atoms with van der Waals surface area (Å²) in [6, 6.07) is 4.77. The van der Waals surface area contributed by atoms with Gasteiger partial charge in [0, 0.05) is 5.92 Å². The maximum absolute atomic E-state index is 2.56. The Morgan fingerprint density at radius 2 is 1.85 bits per heavy atom. The van der Waals surface area contributed by atoms with Crippen molar-refractivity contribution in [1.29, 1.82) is 0 Å². The first-order valence-electron chi connectivity index (χ1n) is 8.21. The van der Waals surface area contributed by atoms with E-state index in [2.05, 4.69) is 59.8 Å². The van der Waals surface area contributed by atoms with Crippen LogP contribution in [0.15, 0.2) is 23.8 Å². The van der Waals surface area contributed by atoms with Crippen LogP contribution in [-0.2, 0) is 6.42 Å². The Hall–Kier alpha value is -1.04. The summed E-state index contributed by atoms with van der Waals surface area (Å²) >= 11 is 0. The van der Waals surface area contributed by atoms with Crippen LogP contribution in [0.25, 0.3) is 0 Å². The average Bonchev–Trinajstić information content (AvgIpc) is 2.37. The summed E-state index contributed by atoms with van der Waals surface area (Å²) in [6.45, 7) is 13.9. The topological polar surface area (TPSA) is 0 Å². The predicted molar refractivity (Wildman–Crippen MR) is 89.4 cm³/mol. The second-order valence-electron chi connectivity index (χ2n) is 6.99. The van der Waals surface area contributed by atoms with Gasteiger partial charge in [-0.15, -0.1) is 0 Å². The van der Waals surface area contributed by atoms with Crippen molar-refractivity contribution >= 4 is 0 Å². The highest BCUT2D eigenvalue weighted by atomic mass is 14.3. The fourth-order valence-corrected chi connectivity index (χ4v) is 3.97. The van der Waals surface area contributed by atoms with E-state index in [0.29, 0.717) is 5.92 Å². The van der Waals surface area contributed by atoms with Crippen LogP contribution in [0.3, 0.4) is 0 Å². The Morgan fingerprint density at radius 3 is 2.45 bits per heavy atom. The molecule has 0 amide bonds. The third kappa shape index (κ3) is 3.00. The van der Waals surface area contributed by atoms with Crippen LogP contribution < -0.4 is 0 Å². The first-order chi connectivity index (χ1) is 9.43. The monoisotopic (exact) mass is 270 g/mol. The van der Waals surface area contributed by atoms with Crippen molar-refractivity contribution in [3.8, 4) is 0 Å². The van der Waals surface area contributed by atoms with Crippen molar-refractivity contribution < 1.29 is 0 Å². The van der Waals surface area contributed by atoms with Gasteiger partial charge >= 0.3 is 0 Å². The number of allylic oxidation sites excluding steroid dienone is 2. The molecule has 110 valence electrons. The van der Waals surface area contributed by atoms with E-state index in [1.807, 2.05) is 0 Å². The lowest BCUT2D eigenvalue weighted by Crippen LogP contribution is -2.22. The minimum absolute atomic E-state index is 0.624. The minimum atomic E-state index is 0.624. The minimum Gasteiger partial charge on any atom is -0.0778 e. The first kappa shape index (κ1) is 15.4. The molecule has 20 heavy (non-hydrogen) atoms. The van der Waals surface area contributed by atoms with E-state index in [0.717, 1.165) is 18.3 Å². The fraction of sp³-hybridized carbons (Fsp3) is 0.600. The van der Waals surface area contributed by atoms with Crippen LogP contribution in [0, 0.1) is 25.7 Å². The molecular weight excluding hydrogens is 240 g/mol. The SMILES string of the molecule is CCc1cc(C)cc(C)c1C1C=C(C)CCC1C(C)C. The van der Waals surface area contributed by atoms with Gasteiger partial charge in [-0.3, -0.25) is 0 Å². The molecule has 0 N–H and O–H groups in total. The van der Waals surface area contributed by atoms with E-state index >= 15 is 0 Å². The maximum atomic E-state index is 2.56. The van der Waals surface area contributed by atoms with Gasteiger partial charge < -0.3 is 0 Å². The summed E-state index contributed by atoms with van der Waals surface area (Å²) in [7, 11) is 0. The molecule has 0 radical (unpaired) electrons. The highest BCUT2D eigenvalue weighted by Crippen LogP contribution is 2.42. The second-order valence-corrected chi connectivity index (χ2v) is 6.99. The molecule has 0 nitrogen and oxygen atoms in total. The van der Waals surface area contributed by atoms with Gasteiger partial charge in [-0.25, -0.2) is 0 Å². The number of aryl methyl sites for hydroxylation is 3. The van der Waals surface area contributed by atoms with E-state index in [1.54, 1.807) is 16.7 Å². The summed E-state index contributed by atoms with van der Waals surface area (Å²) in [5, 5.41) is 0. The summed E-state index contributed by atoms with van der Waals surface area (Å²) in [5.74, 6) is 2.18. The van der Waals surface area contributed by atoms with Gasteiger partial charge in [0.2, 0.25) is 0 Å². The van der Waals surface area contributed by atoms with E-state index in [-0.39, 0.29) is 0 Å². The van der Waals surface area contributed by atoms with Gasteiger partial charge in [-0.1, -0.05) is 50.1 Å². The number of hydrogen-bond donors (Lipinski definition) is 0. The van der Waals surface area contributed by atoms with Crippen LogP contribution in [0.4, 0.5) is 0 Å². The standard InChI is InChI=1S/C20H30/c1-7-17-11-15(5)10-16(6)20(17)19-12-14(4)8-9-18(19)13(2)3/h10-13,18-19H,7-9H2,1-6H3. The van der Waals surface area contributed by atoms with Gasteiger partial charge in [0.05, 0.1) is 0 Å². The van der Waals surface area contributed by atoms with Gasteiger partial charge in [0.15, 0.2) is 0 Å². The lowest BCUT2D eigenvalue weighted by Gasteiger charge is -2.35. The van der Waals surface area contributed by atoms with Crippen molar-refractivity contribution in [3.05, 3.63) is 46.0 Å². The van der Waals surface area contributed by atoms with Gasteiger partial charge in [-0.2, -0.15) is 0 Å². The molecule has 1 aromatic rings. The van der Waals surface area contributed by atoms with Crippen LogP contribution in [0.2, 0.25) is 0 Å². The largest absolute Gasteiger partial charge is 0.0778 e. The molecule has 0 spiro atoms. The van der Waals surface area contributed by atoms with Crippen molar-refractivity contribution in [3.63, 3.8) is 0 Å². The summed E-state index contributed by atoms with van der Waals surface area (Å²) in [5.41, 5.74) is 7.65. The predicted octanol–water partition coefficient (Wildman–Crippen LogP) is 5.96. The Bertz CT molecular complexity index is 505. The van der Waals surface area contributed by atoms with E-state index in [9.17, 15) is 0 Å². The molecule has 0 aliphatic heterocycles. The summed E-state index contributed by atoms with van der Waals surface area (Å²) in [4.78, 5) is 0. The van der Waals surface area contributed by atoms with Crippen LogP contribution >= 0.6 is 0 Å². The number of hydrogen-bond acceptors (Lipinski definition) is 0. The molecular formula is C20H30. The molecule has 0 fully saturated rings. The van der Waals surface area contributed by atoms with Crippen molar-refractivity contribution in [1.82, 2.24) is 0 Å². The molecule has 0 saturated carbocycles. The average molecular weight is 270 g/mol. The fourth-order valence-electron chi connectivity index (χ4n) is 3.97. The Labute approximate surface area is 125 Å². The third-order valence-corrected chi connectivity index (χ3v) is 4.98. The third-order valence-electron chi connectivity index (χ3n) is 4.98. The van der Waals surface area contributed by atoms with Gasteiger partial charge in [0.25, 0.3) is 0 Å². The van der Waals surface area contributed by atoms with Crippen LogP contribution in [0.1, 0.15) is 68.7 Å². The smallest absolute Gasteiger partial charge is 0.00567 e. The zero-order chi connectivity index (χ0) is 14.9. The zero-order valence-corrected chi connectivity index (χ0v) is 14.1. The quantitative estimate of drug-likeness (QED) is 0.594. The molecule has 0 bridgehead atoms. The van der Waals surface area contributed by atoms with E-state index in [4.69, 9.17) is 0 Å². The van der Waals surface area contributed by atoms with Crippen LogP contribution in [0.5, 0.6) is 0 Å². The second kappa shape index (κ2) is 6.16. The van der Waals surface area contributed by atoms with Crippen molar-refractivity contribution in [2.45, 2.75) is 66.7 Å². The highest BCUT2D eigenvalue weighted by Gasteiger charge is 2.29. The lowest BCUT2D eigenvalue weighted by atomic mass is 9.70. The molecule has 1 aliphatic carbocycles. The molecule has 1 aliphatic rings. The normalized spacial score (nSPS) is 23.1. The molecule has 0 heterocycles. The Kier molecular flexibility index (Phi) is 4.73. The van der Waals surface area contributed by atoms with Gasteiger partial charge in [-0.05, 0) is 68.6 Å². The van der Waals surface area contributed by atoms with Crippen molar-refractivity contribution in [2.75, 3.05) is 0 Å². The molecule has 0 heteroatoms. The Balaban J connectivity index is 2.54. The molecule has 2 atom stereocenters. The van der Waals surface area contributed by atoms with E-state index < -0.39 is 0 Å². The van der Waals surface area contributed by atoms with Crippen LogP contribution in [-0.4, -0.2) is 0 Å². The molecule has 0 aromatic heterocycles. The van der Waals surface area contributed by atoms with Gasteiger partial charge in [0.1, 0.15) is 0 Å². The number of benzene rings is 1. The molecule has 0 saturated heterocycles. The molecule has 2 unspecified atom stereocenters.